The van der Waals surface area contributed by atoms with Gasteiger partial charge in [-0.1, -0.05) is 6.92 Å². The Balaban J connectivity index is 2.75. The molecule has 1 unspecified atom stereocenters. The minimum absolute atomic E-state index is 0.109. The molecule has 0 aromatic heterocycles. The lowest BCUT2D eigenvalue weighted by Gasteiger charge is -2.27. The number of nitrogens with two attached hydrogens (primary N) is 1. The zero-order valence-corrected chi connectivity index (χ0v) is 10.6. The second-order valence-corrected chi connectivity index (χ2v) is 4.30. The summed E-state index contributed by atoms with van der Waals surface area (Å²) in [6.07, 6.45) is 0.797. The molecule has 0 aliphatic carbocycles. The molecule has 0 bridgehead atoms. The van der Waals surface area contributed by atoms with Crippen LogP contribution in [0.2, 0.25) is 0 Å². The van der Waals surface area contributed by atoms with Crippen LogP contribution in [-0.2, 0) is 0 Å². The van der Waals surface area contributed by atoms with Crippen molar-refractivity contribution in [1.82, 2.24) is 5.32 Å². The summed E-state index contributed by atoms with van der Waals surface area (Å²) in [4.78, 5) is 12.0. The molecular weight excluding hydrogens is 216 g/mol. The molecule has 0 saturated carbocycles. The normalized spacial score (nSPS) is 13.9. The Kier molecular flexibility index (Phi) is 4.52. The highest BCUT2D eigenvalue weighted by atomic mass is 16.5. The first-order valence-electron chi connectivity index (χ1n) is 5.71. The summed E-state index contributed by atoms with van der Waals surface area (Å²) in [5, 5.41) is 2.94. The fourth-order valence-electron chi connectivity index (χ4n) is 1.37. The Hall–Kier alpha value is -1.55. The van der Waals surface area contributed by atoms with Gasteiger partial charge in [0, 0.05) is 17.6 Å². The number of hydrogen-bond donors (Lipinski definition) is 2. The predicted molar refractivity (Wildman–Crippen MR) is 68.2 cm³/mol. The summed E-state index contributed by atoms with van der Waals surface area (Å²) in [7, 11) is 1.59. The van der Waals surface area contributed by atoms with Gasteiger partial charge >= 0.3 is 0 Å². The zero-order chi connectivity index (χ0) is 12.9. The molecule has 0 aliphatic rings. The van der Waals surface area contributed by atoms with Crippen molar-refractivity contribution in [3.63, 3.8) is 0 Å². The summed E-state index contributed by atoms with van der Waals surface area (Å²) in [6, 6.07) is 7.00. The lowest BCUT2D eigenvalue weighted by Crippen LogP contribution is -2.50. The van der Waals surface area contributed by atoms with E-state index < -0.39 is 0 Å². The lowest BCUT2D eigenvalue weighted by molar-refractivity contribution is 0.0906. The van der Waals surface area contributed by atoms with E-state index in [4.69, 9.17) is 10.5 Å². The SMILES string of the molecule is CCC(C)(CN)NC(=O)c1ccc(OC)cc1. The highest BCUT2D eigenvalue weighted by Gasteiger charge is 2.22. The van der Waals surface area contributed by atoms with Crippen molar-refractivity contribution in [1.29, 1.82) is 0 Å². The number of nitrogens with one attached hydrogen (secondary N) is 1. The number of hydrogen-bond acceptors (Lipinski definition) is 3. The molecular formula is C13H20N2O2. The van der Waals surface area contributed by atoms with E-state index in [-0.39, 0.29) is 11.4 Å². The van der Waals surface area contributed by atoms with Crippen LogP contribution in [0, 0.1) is 0 Å². The third-order valence-corrected chi connectivity index (χ3v) is 3.00. The molecule has 3 N–H and O–H groups in total. The van der Waals surface area contributed by atoms with Crippen molar-refractivity contribution >= 4 is 5.91 Å². The van der Waals surface area contributed by atoms with Crippen LogP contribution in [0.15, 0.2) is 24.3 Å². The van der Waals surface area contributed by atoms with E-state index in [0.29, 0.717) is 12.1 Å². The summed E-state index contributed by atoms with van der Waals surface area (Å²) in [6.45, 7) is 4.36. The predicted octanol–water partition coefficient (Wildman–Crippen LogP) is 1.55. The van der Waals surface area contributed by atoms with Gasteiger partial charge in [0.1, 0.15) is 5.75 Å². The van der Waals surface area contributed by atoms with Gasteiger partial charge in [-0.3, -0.25) is 4.79 Å². The topological polar surface area (TPSA) is 64.3 Å². The molecule has 1 aromatic rings. The number of ether oxygens (including phenoxy) is 1. The van der Waals surface area contributed by atoms with Crippen LogP contribution in [0.4, 0.5) is 0 Å². The van der Waals surface area contributed by atoms with Gasteiger partial charge in [0.05, 0.1) is 7.11 Å². The van der Waals surface area contributed by atoms with Gasteiger partial charge < -0.3 is 15.8 Å². The van der Waals surface area contributed by atoms with Crippen molar-refractivity contribution in [3.05, 3.63) is 29.8 Å². The second kappa shape index (κ2) is 5.68. The van der Waals surface area contributed by atoms with Gasteiger partial charge in [-0.2, -0.15) is 0 Å². The summed E-state index contributed by atoms with van der Waals surface area (Å²) in [5.74, 6) is 0.626. The van der Waals surface area contributed by atoms with Gasteiger partial charge in [0.15, 0.2) is 0 Å². The number of methoxy groups -OCH3 is 1. The van der Waals surface area contributed by atoms with E-state index in [1.54, 1.807) is 31.4 Å². The van der Waals surface area contributed by atoms with E-state index in [1.807, 2.05) is 13.8 Å². The Labute approximate surface area is 102 Å². The fraction of sp³-hybridized carbons (Fsp3) is 0.462. The van der Waals surface area contributed by atoms with E-state index in [1.165, 1.54) is 0 Å². The molecule has 0 fully saturated rings. The summed E-state index contributed by atoms with van der Waals surface area (Å²) in [5.41, 5.74) is 5.91. The van der Waals surface area contributed by atoms with Crippen LogP contribution in [0.1, 0.15) is 30.6 Å². The van der Waals surface area contributed by atoms with Crippen LogP contribution >= 0.6 is 0 Å². The van der Waals surface area contributed by atoms with Crippen molar-refractivity contribution in [3.8, 4) is 5.75 Å². The van der Waals surface area contributed by atoms with Crippen LogP contribution < -0.4 is 15.8 Å². The van der Waals surface area contributed by atoms with Crippen molar-refractivity contribution in [2.75, 3.05) is 13.7 Å². The van der Waals surface area contributed by atoms with E-state index in [9.17, 15) is 4.79 Å². The zero-order valence-electron chi connectivity index (χ0n) is 10.6. The van der Waals surface area contributed by atoms with Gasteiger partial charge in [-0.25, -0.2) is 0 Å². The van der Waals surface area contributed by atoms with Gasteiger partial charge in [-0.05, 0) is 37.6 Å². The van der Waals surface area contributed by atoms with Crippen LogP contribution in [0.3, 0.4) is 0 Å². The molecule has 1 amide bonds. The van der Waals surface area contributed by atoms with Gasteiger partial charge in [0.25, 0.3) is 5.91 Å². The third-order valence-electron chi connectivity index (χ3n) is 3.00. The Morgan fingerprint density at radius 2 is 2.00 bits per heavy atom. The van der Waals surface area contributed by atoms with E-state index >= 15 is 0 Å². The van der Waals surface area contributed by atoms with Crippen LogP contribution in [-0.4, -0.2) is 25.1 Å². The monoisotopic (exact) mass is 236 g/mol. The molecule has 0 radical (unpaired) electrons. The third kappa shape index (κ3) is 3.46. The minimum atomic E-state index is -0.350. The number of rotatable bonds is 5. The fourth-order valence-corrected chi connectivity index (χ4v) is 1.37. The van der Waals surface area contributed by atoms with Crippen LogP contribution in [0.5, 0.6) is 5.75 Å². The van der Waals surface area contributed by atoms with E-state index in [0.717, 1.165) is 12.2 Å². The average Bonchev–Trinajstić information content (AvgIpc) is 2.38. The number of amides is 1. The Morgan fingerprint density at radius 1 is 1.41 bits per heavy atom. The molecule has 4 heteroatoms. The Morgan fingerprint density at radius 3 is 2.41 bits per heavy atom. The first kappa shape index (κ1) is 13.5. The first-order valence-corrected chi connectivity index (χ1v) is 5.71. The first-order chi connectivity index (χ1) is 8.04. The van der Waals surface area contributed by atoms with Crippen molar-refractivity contribution in [2.45, 2.75) is 25.8 Å². The van der Waals surface area contributed by atoms with E-state index in [2.05, 4.69) is 5.32 Å². The molecule has 0 spiro atoms. The molecule has 94 valence electrons. The maximum atomic E-state index is 12.0. The molecule has 17 heavy (non-hydrogen) atoms. The highest BCUT2D eigenvalue weighted by molar-refractivity contribution is 5.94. The Bertz CT molecular complexity index is 370. The smallest absolute Gasteiger partial charge is 0.251 e. The maximum absolute atomic E-state index is 12.0. The standard InChI is InChI=1S/C13H20N2O2/c1-4-13(2,9-14)15-12(16)10-5-7-11(17-3)8-6-10/h5-8H,4,9,14H2,1-3H3,(H,15,16). The quantitative estimate of drug-likeness (QED) is 0.815. The molecule has 0 aliphatic heterocycles. The van der Waals surface area contributed by atoms with Gasteiger partial charge in [0.2, 0.25) is 0 Å². The number of benzene rings is 1. The second-order valence-electron chi connectivity index (χ2n) is 4.30. The molecule has 0 saturated heterocycles. The van der Waals surface area contributed by atoms with Crippen molar-refractivity contribution < 1.29 is 9.53 Å². The minimum Gasteiger partial charge on any atom is -0.497 e. The number of carbonyl (C=O) groups is 1. The lowest BCUT2D eigenvalue weighted by atomic mass is 9.98. The molecule has 1 atom stereocenters. The van der Waals surface area contributed by atoms with Crippen molar-refractivity contribution in [2.24, 2.45) is 5.73 Å². The molecule has 0 heterocycles. The highest BCUT2D eigenvalue weighted by Crippen LogP contribution is 2.13. The molecule has 1 aromatic carbocycles. The number of carbonyl (C=O) groups excluding carboxylic acids is 1. The molecule has 1 rings (SSSR count). The van der Waals surface area contributed by atoms with Gasteiger partial charge in [-0.15, -0.1) is 0 Å². The average molecular weight is 236 g/mol. The molecule has 4 nitrogen and oxygen atoms in total. The largest absolute Gasteiger partial charge is 0.497 e. The summed E-state index contributed by atoms with van der Waals surface area (Å²) < 4.78 is 5.04. The van der Waals surface area contributed by atoms with Crippen LogP contribution in [0.25, 0.3) is 0 Å². The maximum Gasteiger partial charge on any atom is 0.251 e. The summed E-state index contributed by atoms with van der Waals surface area (Å²) >= 11 is 0.